The van der Waals surface area contributed by atoms with Crippen LogP contribution in [-0.2, 0) is 11.3 Å². The van der Waals surface area contributed by atoms with Gasteiger partial charge in [-0.15, -0.1) is 10.2 Å². The zero-order chi connectivity index (χ0) is 18.9. The lowest BCUT2D eigenvalue weighted by atomic mass is 10.3. The second-order valence-electron chi connectivity index (χ2n) is 6.02. The van der Waals surface area contributed by atoms with Gasteiger partial charge in [0.05, 0.1) is 19.4 Å². The SMILES string of the molecule is CCCN(CC(=O)NC(=O)N[C@H](C)CC)Cc1nnc(-c2ccco2)o1. The van der Waals surface area contributed by atoms with Crippen LogP contribution in [0.1, 0.15) is 39.5 Å². The van der Waals surface area contributed by atoms with E-state index in [9.17, 15) is 9.59 Å². The number of nitrogens with zero attached hydrogens (tertiary/aromatic N) is 3. The molecule has 0 unspecified atom stereocenters. The van der Waals surface area contributed by atoms with Crippen LogP contribution in [0.5, 0.6) is 0 Å². The van der Waals surface area contributed by atoms with Crippen molar-refractivity contribution in [2.75, 3.05) is 13.1 Å². The standard InChI is InChI=1S/C17H25N5O4/c1-4-8-22(10-14(23)19-17(24)18-12(3)5-2)11-15-20-21-16(26-15)13-7-6-9-25-13/h6-7,9,12H,4-5,8,10-11H2,1-3H3,(H2,18,19,23,24)/t12-/m1/s1. The number of hydrogen-bond acceptors (Lipinski definition) is 7. The Bertz CT molecular complexity index is 698. The van der Waals surface area contributed by atoms with E-state index >= 15 is 0 Å². The maximum atomic E-state index is 12.1. The van der Waals surface area contributed by atoms with Crippen molar-refractivity contribution in [3.05, 3.63) is 24.3 Å². The molecule has 9 nitrogen and oxygen atoms in total. The first-order chi connectivity index (χ1) is 12.5. The predicted molar refractivity (Wildman–Crippen MR) is 94.0 cm³/mol. The van der Waals surface area contributed by atoms with Crippen LogP contribution < -0.4 is 10.6 Å². The van der Waals surface area contributed by atoms with Crippen LogP contribution in [0.15, 0.2) is 27.2 Å². The molecule has 0 aliphatic rings. The van der Waals surface area contributed by atoms with Gasteiger partial charge in [0.2, 0.25) is 11.8 Å². The number of carbonyl (C=O) groups excluding carboxylic acids is 2. The van der Waals surface area contributed by atoms with Gasteiger partial charge in [-0.25, -0.2) is 4.79 Å². The molecular formula is C17H25N5O4. The van der Waals surface area contributed by atoms with Gasteiger partial charge < -0.3 is 14.2 Å². The minimum Gasteiger partial charge on any atom is -0.459 e. The smallest absolute Gasteiger partial charge is 0.321 e. The summed E-state index contributed by atoms with van der Waals surface area (Å²) in [4.78, 5) is 25.7. The van der Waals surface area contributed by atoms with E-state index in [0.717, 1.165) is 12.8 Å². The van der Waals surface area contributed by atoms with Crippen LogP contribution >= 0.6 is 0 Å². The van der Waals surface area contributed by atoms with Crippen LogP contribution in [0.2, 0.25) is 0 Å². The average molecular weight is 363 g/mol. The Morgan fingerprint density at radius 3 is 2.77 bits per heavy atom. The molecule has 2 rings (SSSR count). The number of carbonyl (C=O) groups is 2. The van der Waals surface area contributed by atoms with Gasteiger partial charge in [0.15, 0.2) is 5.76 Å². The second kappa shape index (κ2) is 9.71. The molecule has 1 atom stereocenters. The summed E-state index contributed by atoms with van der Waals surface area (Å²) in [5.74, 6) is 0.774. The molecule has 26 heavy (non-hydrogen) atoms. The molecular weight excluding hydrogens is 338 g/mol. The first kappa shape index (κ1) is 19.6. The van der Waals surface area contributed by atoms with Gasteiger partial charge in [-0.2, -0.15) is 0 Å². The van der Waals surface area contributed by atoms with E-state index in [1.165, 1.54) is 6.26 Å². The van der Waals surface area contributed by atoms with E-state index < -0.39 is 6.03 Å². The van der Waals surface area contributed by atoms with Gasteiger partial charge in [0, 0.05) is 6.04 Å². The number of urea groups is 1. The zero-order valence-electron chi connectivity index (χ0n) is 15.3. The molecule has 3 amide bonds. The monoisotopic (exact) mass is 363 g/mol. The number of imide groups is 1. The minimum absolute atomic E-state index is 0.00737. The summed E-state index contributed by atoms with van der Waals surface area (Å²) < 4.78 is 10.8. The molecule has 142 valence electrons. The van der Waals surface area contributed by atoms with Crippen molar-refractivity contribution >= 4 is 11.9 Å². The second-order valence-corrected chi connectivity index (χ2v) is 6.02. The molecule has 9 heteroatoms. The first-order valence-electron chi connectivity index (χ1n) is 8.70. The molecule has 0 aromatic carbocycles. The van der Waals surface area contributed by atoms with Gasteiger partial charge in [-0.3, -0.25) is 15.0 Å². The fourth-order valence-corrected chi connectivity index (χ4v) is 2.27. The third kappa shape index (κ3) is 5.99. The topological polar surface area (TPSA) is 114 Å². The molecule has 2 aromatic rings. The van der Waals surface area contributed by atoms with Crippen LogP contribution in [-0.4, -0.2) is 46.2 Å². The highest BCUT2D eigenvalue weighted by atomic mass is 16.4. The molecule has 0 saturated heterocycles. The number of hydrogen-bond donors (Lipinski definition) is 2. The van der Waals surface area contributed by atoms with Gasteiger partial charge in [-0.05, 0) is 38.4 Å². The van der Waals surface area contributed by atoms with Gasteiger partial charge in [0.1, 0.15) is 0 Å². The third-order valence-corrected chi connectivity index (χ3v) is 3.71. The van der Waals surface area contributed by atoms with E-state index in [-0.39, 0.29) is 18.5 Å². The largest absolute Gasteiger partial charge is 0.459 e. The fourth-order valence-electron chi connectivity index (χ4n) is 2.27. The molecule has 0 bridgehead atoms. The molecule has 0 aliphatic carbocycles. The normalized spacial score (nSPS) is 12.2. The summed E-state index contributed by atoms with van der Waals surface area (Å²) in [6.07, 6.45) is 3.15. The Kier molecular flexibility index (Phi) is 7.34. The molecule has 0 fully saturated rings. The highest BCUT2D eigenvalue weighted by molar-refractivity contribution is 5.95. The third-order valence-electron chi connectivity index (χ3n) is 3.71. The highest BCUT2D eigenvalue weighted by Gasteiger charge is 2.17. The molecule has 0 spiro atoms. The van der Waals surface area contributed by atoms with Crippen molar-refractivity contribution in [2.24, 2.45) is 0 Å². The molecule has 2 N–H and O–H groups in total. The van der Waals surface area contributed by atoms with Crippen molar-refractivity contribution in [1.29, 1.82) is 0 Å². The molecule has 0 aliphatic heterocycles. The van der Waals surface area contributed by atoms with E-state index in [1.807, 2.05) is 25.7 Å². The number of amides is 3. The quantitative estimate of drug-likeness (QED) is 0.702. The lowest BCUT2D eigenvalue weighted by molar-refractivity contribution is -0.121. The number of aromatic nitrogens is 2. The van der Waals surface area contributed by atoms with E-state index in [0.29, 0.717) is 30.6 Å². The molecule has 2 aromatic heterocycles. The van der Waals surface area contributed by atoms with Gasteiger partial charge in [0.25, 0.3) is 5.89 Å². The summed E-state index contributed by atoms with van der Waals surface area (Å²) in [7, 11) is 0. The number of rotatable bonds is 9. The Balaban J connectivity index is 1.90. The maximum absolute atomic E-state index is 12.1. The first-order valence-corrected chi connectivity index (χ1v) is 8.70. The van der Waals surface area contributed by atoms with Crippen molar-refractivity contribution in [2.45, 2.75) is 46.2 Å². The summed E-state index contributed by atoms with van der Waals surface area (Å²) in [5, 5.41) is 13.0. The lowest BCUT2D eigenvalue weighted by Crippen LogP contribution is -2.46. The zero-order valence-corrected chi connectivity index (χ0v) is 15.3. The van der Waals surface area contributed by atoms with Gasteiger partial charge >= 0.3 is 6.03 Å². The van der Waals surface area contributed by atoms with E-state index in [4.69, 9.17) is 8.83 Å². The fraction of sp³-hybridized carbons (Fsp3) is 0.529. The van der Waals surface area contributed by atoms with Crippen LogP contribution in [0.4, 0.5) is 4.79 Å². The summed E-state index contributed by atoms with van der Waals surface area (Å²) >= 11 is 0. The average Bonchev–Trinajstić information content (AvgIpc) is 3.25. The Morgan fingerprint density at radius 1 is 1.31 bits per heavy atom. The van der Waals surface area contributed by atoms with Crippen molar-refractivity contribution in [3.63, 3.8) is 0 Å². The molecule has 2 heterocycles. The predicted octanol–water partition coefficient (Wildman–Crippen LogP) is 2.17. The van der Waals surface area contributed by atoms with Crippen LogP contribution in [0.3, 0.4) is 0 Å². The Hall–Kier alpha value is -2.68. The van der Waals surface area contributed by atoms with Crippen molar-refractivity contribution in [3.8, 4) is 11.7 Å². The molecule has 0 radical (unpaired) electrons. The van der Waals surface area contributed by atoms with E-state index in [2.05, 4.69) is 20.8 Å². The van der Waals surface area contributed by atoms with Crippen LogP contribution in [0.25, 0.3) is 11.7 Å². The van der Waals surface area contributed by atoms with Crippen molar-refractivity contribution in [1.82, 2.24) is 25.7 Å². The van der Waals surface area contributed by atoms with Gasteiger partial charge in [-0.1, -0.05) is 13.8 Å². The van der Waals surface area contributed by atoms with E-state index in [1.54, 1.807) is 12.1 Å². The highest BCUT2D eigenvalue weighted by Crippen LogP contribution is 2.18. The Morgan fingerprint density at radius 2 is 2.12 bits per heavy atom. The summed E-state index contributed by atoms with van der Waals surface area (Å²) in [5.41, 5.74) is 0. The lowest BCUT2D eigenvalue weighted by Gasteiger charge is -2.19. The van der Waals surface area contributed by atoms with Crippen LogP contribution in [0, 0.1) is 0 Å². The number of nitrogens with one attached hydrogen (secondary N) is 2. The Labute approximate surface area is 152 Å². The summed E-state index contributed by atoms with van der Waals surface area (Å²) in [6.45, 7) is 6.85. The maximum Gasteiger partial charge on any atom is 0.321 e. The van der Waals surface area contributed by atoms with Crippen molar-refractivity contribution < 1.29 is 18.4 Å². The summed E-state index contributed by atoms with van der Waals surface area (Å²) in [6, 6.07) is 2.98. The molecule has 0 saturated carbocycles. The minimum atomic E-state index is -0.487. The number of furan rings is 1.